The zero-order valence-electron chi connectivity index (χ0n) is 14.6. The van der Waals surface area contributed by atoms with Crippen LogP contribution in [-0.2, 0) is 10.0 Å². The van der Waals surface area contributed by atoms with E-state index in [1.54, 1.807) is 30.3 Å². The zero-order valence-corrected chi connectivity index (χ0v) is 15.5. The number of carbonyl (C=O) groups is 1. The van der Waals surface area contributed by atoms with E-state index in [0.29, 0.717) is 5.56 Å². The van der Waals surface area contributed by atoms with Crippen LogP contribution in [0.25, 0.3) is 11.1 Å². The molecule has 10 heteroatoms. The summed E-state index contributed by atoms with van der Waals surface area (Å²) >= 11 is 0. The maximum absolute atomic E-state index is 12.8. The fraction of sp³-hybridized carbons (Fsp3) is 0. The van der Waals surface area contributed by atoms with Crippen molar-refractivity contribution in [3.63, 3.8) is 0 Å². The molecule has 0 amide bonds. The quantitative estimate of drug-likeness (QED) is 0.413. The minimum absolute atomic E-state index is 0.127. The summed E-state index contributed by atoms with van der Waals surface area (Å²) in [6.45, 7) is 0. The Morgan fingerprint density at radius 3 is 2.28 bits per heavy atom. The number of aromatic hydroxyl groups is 1. The second-order valence-electron chi connectivity index (χ2n) is 5.92. The normalized spacial score (nSPS) is 11.0. The first-order valence-corrected chi connectivity index (χ1v) is 9.61. The second kappa shape index (κ2) is 7.60. The molecule has 0 saturated heterocycles. The summed E-state index contributed by atoms with van der Waals surface area (Å²) in [7, 11) is -4.42. The molecule has 0 unspecified atom stereocenters. The summed E-state index contributed by atoms with van der Waals surface area (Å²) in [5, 5.41) is 30.4. The van der Waals surface area contributed by atoms with E-state index in [1.165, 1.54) is 12.1 Å². The van der Waals surface area contributed by atoms with Gasteiger partial charge in [-0.05, 0) is 29.8 Å². The molecule has 0 aliphatic carbocycles. The Morgan fingerprint density at radius 2 is 1.69 bits per heavy atom. The molecule has 3 N–H and O–H groups in total. The molecular formula is C19H14N2O7S. The van der Waals surface area contributed by atoms with Gasteiger partial charge in [0.05, 0.1) is 16.2 Å². The predicted octanol–water partition coefficient (Wildman–Crippen LogP) is 3.47. The Labute approximate surface area is 165 Å². The highest BCUT2D eigenvalue weighted by Crippen LogP contribution is 2.36. The highest BCUT2D eigenvalue weighted by atomic mass is 32.2. The molecule has 0 heterocycles. The number of phenols is 1. The molecule has 0 atom stereocenters. The molecule has 0 spiro atoms. The molecule has 148 valence electrons. The maximum Gasteiger partial charge on any atom is 0.339 e. The fourth-order valence-electron chi connectivity index (χ4n) is 2.76. The molecule has 29 heavy (non-hydrogen) atoms. The van der Waals surface area contributed by atoms with E-state index < -0.39 is 42.8 Å². The number of nitro benzene ring substituents is 1. The van der Waals surface area contributed by atoms with Crippen molar-refractivity contribution in [2.75, 3.05) is 4.72 Å². The molecule has 3 aromatic carbocycles. The average Bonchev–Trinajstić information content (AvgIpc) is 2.67. The number of anilines is 1. The lowest BCUT2D eigenvalue weighted by Crippen LogP contribution is -2.15. The van der Waals surface area contributed by atoms with E-state index in [1.807, 2.05) is 0 Å². The Hall–Kier alpha value is -3.92. The standard InChI is InChI=1S/C19H14N2O7S/c22-16-11-13(9-10-15(16)19(23)24)20-29(27,28)17-8-4-7-14(18(17)21(25)26)12-5-2-1-3-6-12/h1-11,20,22H,(H,23,24). The molecule has 3 rings (SSSR count). The molecule has 9 nitrogen and oxygen atoms in total. The highest BCUT2D eigenvalue weighted by molar-refractivity contribution is 7.92. The van der Waals surface area contributed by atoms with E-state index in [2.05, 4.69) is 4.72 Å². The monoisotopic (exact) mass is 414 g/mol. The van der Waals surface area contributed by atoms with Crippen LogP contribution in [-0.4, -0.2) is 29.5 Å². The summed E-state index contributed by atoms with van der Waals surface area (Å²) in [4.78, 5) is 21.3. The number of carboxylic acids is 1. The van der Waals surface area contributed by atoms with Crippen LogP contribution in [0, 0.1) is 10.1 Å². The summed E-state index contributed by atoms with van der Waals surface area (Å²) in [5.41, 5.74) is -0.559. The van der Waals surface area contributed by atoms with Crippen molar-refractivity contribution in [1.82, 2.24) is 0 Å². The van der Waals surface area contributed by atoms with Gasteiger partial charge in [0.25, 0.3) is 15.7 Å². The van der Waals surface area contributed by atoms with Crippen molar-refractivity contribution in [2.24, 2.45) is 0 Å². The molecule has 0 aromatic heterocycles. The predicted molar refractivity (Wildman–Crippen MR) is 104 cm³/mol. The van der Waals surface area contributed by atoms with Crippen LogP contribution < -0.4 is 4.72 Å². The number of rotatable bonds is 6. The number of nitro groups is 1. The largest absolute Gasteiger partial charge is 0.507 e. The number of hydrogen-bond donors (Lipinski definition) is 3. The Morgan fingerprint density at radius 1 is 1.00 bits per heavy atom. The van der Waals surface area contributed by atoms with Gasteiger partial charge in [0.15, 0.2) is 4.90 Å². The van der Waals surface area contributed by atoms with E-state index in [4.69, 9.17) is 5.11 Å². The fourth-order valence-corrected chi connectivity index (χ4v) is 4.01. The molecule has 0 saturated carbocycles. The summed E-state index contributed by atoms with van der Waals surface area (Å²) < 4.78 is 27.8. The van der Waals surface area contributed by atoms with Crippen LogP contribution in [0.2, 0.25) is 0 Å². The van der Waals surface area contributed by atoms with E-state index in [-0.39, 0.29) is 11.3 Å². The van der Waals surface area contributed by atoms with Gasteiger partial charge in [-0.1, -0.05) is 36.4 Å². The minimum Gasteiger partial charge on any atom is -0.507 e. The van der Waals surface area contributed by atoms with Crippen LogP contribution >= 0.6 is 0 Å². The number of sulfonamides is 1. The molecule has 0 aliphatic heterocycles. The van der Waals surface area contributed by atoms with E-state index in [0.717, 1.165) is 24.3 Å². The van der Waals surface area contributed by atoms with Gasteiger partial charge in [0.2, 0.25) is 0 Å². The van der Waals surface area contributed by atoms with Gasteiger partial charge in [0, 0.05) is 6.07 Å². The van der Waals surface area contributed by atoms with Gasteiger partial charge < -0.3 is 10.2 Å². The van der Waals surface area contributed by atoms with Crippen LogP contribution in [0.15, 0.2) is 71.6 Å². The number of benzene rings is 3. The molecule has 0 radical (unpaired) electrons. The highest BCUT2D eigenvalue weighted by Gasteiger charge is 2.29. The maximum atomic E-state index is 12.8. The number of para-hydroxylation sites is 1. The van der Waals surface area contributed by atoms with Gasteiger partial charge >= 0.3 is 5.97 Å². The molecule has 0 bridgehead atoms. The molecule has 0 fully saturated rings. The number of carboxylic acid groups (broad SMARTS) is 1. The Balaban J connectivity index is 2.09. The second-order valence-corrected chi connectivity index (χ2v) is 7.57. The van der Waals surface area contributed by atoms with Crippen molar-refractivity contribution in [3.05, 3.63) is 82.4 Å². The summed E-state index contributed by atoms with van der Waals surface area (Å²) in [6, 6.07) is 15.3. The van der Waals surface area contributed by atoms with Gasteiger partial charge in [0.1, 0.15) is 11.3 Å². The number of aromatic carboxylic acids is 1. The first kappa shape index (κ1) is 19.8. The van der Waals surface area contributed by atoms with Gasteiger partial charge in [-0.15, -0.1) is 0 Å². The first-order chi connectivity index (χ1) is 13.7. The molecule has 3 aromatic rings. The zero-order chi connectivity index (χ0) is 21.2. The lowest BCUT2D eigenvalue weighted by Gasteiger charge is -2.12. The summed E-state index contributed by atoms with van der Waals surface area (Å²) in [6.07, 6.45) is 0. The van der Waals surface area contributed by atoms with Gasteiger partial charge in [-0.25, -0.2) is 13.2 Å². The SMILES string of the molecule is O=C(O)c1ccc(NS(=O)(=O)c2cccc(-c3ccccc3)c2[N+](=O)[O-])cc1O. The minimum atomic E-state index is -4.42. The molecular weight excluding hydrogens is 400 g/mol. The van der Waals surface area contributed by atoms with Gasteiger partial charge in [-0.3, -0.25) is 14.8 Å². The van der Waals surface area contributed by atoms with Crippen LogP contribution in [0.1, 0.15) is 10.4 Å². The van der Waals surface area contributed by atoms with E-state index in [9.17, 15) is 28.4 Å². The topological polar surface area (TPSA) is 147 Å². The van der Waals surface area contributed by atoms with Gasteiger partial charge in [-0.2, -0.15) is 0 Å². The van der Waals surface area contributed by atoms with Crippen LogP contribution in [0.5, 0.6) is 5.75 Å². The lowest BCUT2D eigenvalue weighted by atomic mass is 10.0. The van der Waals surface area contributed by atoms with Crippen molar-refractivity contribution < 1.29 is 28.3 Å². The summed E-state index contributed by atoms with van der Waals surface area (Å²) in [5.74, 6) is -2.03. The average molecular weight is 414 g/mol. The number of hydrogen-bond acceptors (Lipinski definition) is 6. The third kappa shape index (κ3) is 4.01. The number of nitrogens with one attached hydrogen (secondary N) is 1. The smallest absolute Gasteiger partial charge is 0.339 e. The number of nitrogens with zero attached hydrogens (tertiary/aromatic N) is 1. The van der Waals surface area contributed by atoms with Crippen molar-refractivity contribution in [2.45, 2.75) is 4.90 Å². The third-order valence-corrected chi connectivity index (χ3v) is 5.45. The van der Waals surface area contributed by atoms with Crippen LogP contribution in [0.4, 0.5) is 11.4 Å². The Bertz CT molecular complexity index is 1210. The Kier molecular flexibility index (Phi) is 5.20. The van der Waals surface area contributed by atoms with Crippen molar-refractivity contribution >= 4 is 27.4 Å². The van der Waals surface area contributed by atoms with E-state index >= 15 is 0 Å². The van der Waals surface area contributed by atoms with Crippen LogP contribution in [0.3, 0.4) is 0 Å². The third-order valence-electron chi connectivity index (χ3n) is 4.04. The van der Waals surface area contributed by atoms with Crippen molar-refractivity contribution in [1.29, 1.82) is 0 Å². The first-order valence-electron chi connectivity index (χ1n) is 8.12. The lowest BCUT2D eigenvalue weighted by molar-refractivity contribution is -0.387. The molecule has 0 aliphatic rings. The van der Waals surface area contributed by atoms with Crippen molar-refractivity contribution in [3.8, 4) is 16.9 Å².